The number of likely N-dealkylation sites (tertiary alicyclic amines) is 1. The van der Waals surface area contributed by atoms with Gasteiger partial charge in [-0.05, 0) is 25.3 Å². The molecule has 1 atom stereocenters. The molecule has 1 amide bonds. The Balaban J connectivity index is 1.80. The van der Waals surface area contributed by atoms with Crippen LogP contribution in [-0.4, -0.2) is 43.9 Å². The number of H-pyrrole nitrogens is 1. The number of alkyl halides is 3. The van der Waals surface area contributed by atoms with Gasteiger partial charge >= 0.3 is 6.18 Å². The highest BCUT2D eigenvalue weighted by molar-refractivity contribution is 5.92. The monoisotopic (exact) mass is 329 g/mol. The molecule has 3 rings (SSSR count). The first-order chi connectivity index (χ1) is 10.9. The highest BCUT2D eigenvalue weighted by Crippen LogP contribution is 2.32. The molecule has 0 aliphatic carbocycles. The Morgan fingerprint density at radius 2 is 2.22 bits per heavy atom. The normalized spacial score (nSPS) is 19.1. The van der Waals surface area contributed by atoms with E-state index in [0.717, 1.165) is 12.8 Å². The maximum Gasteiger partial charge on any atom is 0.397 e. The van der Waals surface area contributed by atoms with Crippen LogP contribution in [-0.2, 0) is 6.42 Å². The number of nitrogens with one attached hydrogen (secondary N) is 1. The van der Waals surface area contributed by atoms with Crippen molar-refractivity contribution in [3.63, 3.8) is 0 Å². The molecule has 7 nitrogen and oxygen atoms in total. The van der Waals surface area contributed by atoms with Gasteiger partial charge < -0.3 is 9.32 Å². The summed E-state index contributed by atoms with van der Waals surface area (Å²) in [6.07, 6.45) is -2.04. The topological polar surface area (TPSA) is 87.9 Å². The van der Waals surface area contributed by atoms with Crippen molar-refractivity contribution in [3.8, 4) is 0 Å². The molecule has 1 aliphatic heterocycles. The van der Waals surface area contributed by atoms with Gasteiger partial charge in [0.2, 0.25) is 11.8 Å². The van der Waals surface area contributed by atoms with Gasteiger partial charge in [0.25, 0.3) is 5.91 Å². The number of aromatic nitrogens is 4. The Hall–Kier alpha value is -2.39. The predicted molar refractivity (Wildman–Crippen MR) is 70.3 cm³/mol. The summed E-state index contributed by atoms with van der Waals surface area (Å²) in [5.41, 5.74) is 0.312. The van der Waals surface area contributed by atoms with Crippen molar-refractivity contribution in [1.82, 2.24) is 25.3 Å². The van der Waals surface area contributed by atoms with Gasteiger partial charge in [0.05, 0.1) is 0 Å². The molecule has 2 aromatic heterocycles. The minimum Gasteiger partial charge on any atom is -0.423 e. The highest BCUT2D eigenvalue weighted by Gasteiger charge is 2.35. The predicted octanol–water partition coefficient (Wildman–Crippen LogP) is 2.26. The van der Waals surface area contributed by atoms with Gasteiger partial charge in [0.1, 0.15) is 18.2 Å². The lowest BCUT2D eigenvalue weighted by Gasteiger charge is -2.33. The van der Waals surface area contributed by atoms with Crippen LogP contribution in [0.3, 0.4) is 0 Å². The molecule has 124 valence electrons. The molecule has 0 saturated carbocycles. The first-order valence-corrected chi connectivity index (χ1v) is 7.13. The lowest BCUT2D eigenvalue weighted by molar-refractivity contribution is -0.131. The quantitative estimate of drug-likeness (QED) is 0.933. The van der Waals surface area contributed by atoms with Crippen molar-refractivity contribution in [2.45, 2.75) is 37.9 Å². The molecule has 23 heavy (non-hydrogen) atoms. The van der Waals surface area contributed by atoms with Crippen LogP contribution >= 0.6 is 0 Å². The van der Waals surface area contributed by atoms with Crippen LogP contribution in [0.15, 0.2) is 16.7 Å². The molecule has 0 unspecified atom stereocenters. The molecule has 0 bridgehead atoms. The van der Waals surface area contributed by atoms with Crippen molar-refractivity contribution in [1.29, 1.82) is 0 Å². The largest absolute Gasteiger partial charge is 0.423 e. The number of halogens is 3. The van der Waals surface area contributed by atoms with Crippen molar-refractivity contribution in [2.24, 2.45) is 0 Å². The zero-order chi connectivity index (χ0) is 16.4. The Morgan fingerprint density at radius 1 is 1.39 bits per heavy atom. The van der Waals surface area contributed by atoms with E-state index in [1.165, 1.54) is 17.2 Å². The van der Waals surface area contributed by atoms with E-state index in [9.17, 15) is 18.0 Å². The molecule has 3 heterocycles. The van der Waals surface area contributed by atoms with E-state index in [1.54, 1.807) is 0 Å². The summed E-state index contributed by atoms with van der Waals surface area (Å²) in [7, 11) is 0. The molecule has 10 heteroatoms. The second kappa shape index (κ2) is 6.01. The first kappa shape index (κ1) is 15.5. The number of hydrogen-bond acceptors (Lipinski definition) is 5. The van der Waals surface area contributed by atoms with E-state index in [4.69, 9.17) is 4.42 Å². The number of rotatable bonds is 3. The molecular formula is C13H14F3N5O2. The molecule has 1 saturated heterocycles. The summed E-state index contributed by atoms with van der Waals surface area (Å²) in [6.45, 7) is 0.472. The Morgan fingerprint density at radius 3 is 2.91 bits per heavy atom. The Labute approximate surface area is 128 Å². The molecule has 0 aromatic carbocycles. The fourth-order valence-corrected chi connectivity index (χ4v) is 2.61. The second-order valence-corrected chi connectivity index (χ2v) is 5.31. The molecule has 0 spiro atoms. The summed E-state index contributed by atoms with van der Waals surface area (Å²) in [5, 5.41) is 13.5. The average molecular weight is 329 g/mol. The van der Waals surface area contributed by atoms with Crippen molar-refractivity contribution >= 4 is 5.91 Å². The van der Waals surface area contributed by atoms with E-state index in [-0.39, 0.29) is 11.8 Å². The van der Waals surface area contributed by atoms with Gasteiger partial charge in [-0.3, -0.25) is 9.89 Å². The summed E-state index contributed by atoms with van der Waals surface area (Å²) >= 11 is 0. The molecular weight excluding hydrogens is 315 g/mol. The zero-order valence-corrected chi connectivity index (χ0v) is 12.0. The van der Waals surface area contributed by atoms with Crippen LogP contribution in [0.4, 0.5) is 13.2 Å². The number of hydrogen-bond donors (Lipinski definition) is 1. The number of nitrogens with zero attached hydrogens (tertiary/aromatic N) is 4. The molecule has 2 aromatic rings. The standard InChI is InChI=1S/C13H14F3N5O2/c14-13(15,16)7-10-19-20-11(23-10)9-3-1-2-6-21(9)12(22)8-4-5-17-18-8/h4-5,9H,1-3,6-7H2,(H,17,18)/t9-/m1/s1. The number of carbonyl (C=O) groups excluding carboxylic acids is 1. The van der Waals surface area contributed by atoms with Crippen molar-refractivity contribution in [2.75, 3.05) is 6.54 Å². The van der Waals surface area contributed by atoms with Gasteiger partial charge in [-0.15, -0.1) is 10.2 Å². The van der Waals surface area contributed by atoms with Gasteiger partial charge in [-0.1, -0.05) is 0 Å². The van der Waals surface area contributed by atoms with Crippen molar-refractivity contribution in [3.05, 3.63) is 29.7 Å². The zero-order valence-electron chi connectivity index (χ0n) is 12.0. The maximum absolute atomic E-state index is 12.5. The van der Waals surface area contributed by atoms with Crippen LogP contribution < -0.4 is 0 Å². The smallest absolute Gasteiger partial charge is 0.397 e. The molecule has 0 radical (unpaired) electrons. The highest BCUT2D eigenvalue weighted by atomic mass is 19.4. The second-order valence-electron chi connectivity index (χ2n) is 5.31. The third kappa shape index (κ3) is 3.51. The summed E-state index contributed by atoms with van der Waals surface area (Å²) in [4.78, 5) is 14.0. The van der Waals surface area contributed by atoms with E-state index in [0.29, 0.717) is 18.7 Å². The van der Waals surface area contributed by atoms with E-state index >= 15 is 0 Å². The molecule has 1 N–H and O–H groups in total. The third-order valence-corrected chi connectivity index (χ3v) is 3.61. The number of aromatic amines is 1. The SMILES string of the molecule is O=C(c1ccn[nH]1)N1CCCC[C@@H]1c1nnc(CC(F)(F)F)o1. The van der Waals surface area contributed by atoms with E-state index in [1.807, 2.05) is 0 Å². The van der Waals surface area contributed by atoms with Crippen LogP contribution in [0, 0.1) is 0 Å². The summed E-state index contributed by atoms with van der Waals surface area (Å²) < 4.78 is 42.3. The first-order valence-electron chi connectivity index (χ1n) is 7.13. The Kier molecular flexibility index (Phi) is 4.05. The molecule has 1 aliphatic rings. The lowest BCUT2D eigenvalue weighted by atomic mass is 10.0. The lowest BCUT2D eigenvalue weighted by Crippen LogP contribution is -2.38. The third-order valence-electron chi connectivity index (χ3n) is 3.61. The van der Waals surface area contributed by atoms with Crippen LogP contribution in [0.1, 0.15) is 47.6 Å². The maximum atomic E-state index is 12.5. The van der Waals surface area contributed by atoms with E-state index in [2.05, 4.69) is 20.4 Å². The van der Waals surface area contributed by atoms with Gasteiger partial charge in [0, 0.05) is 12.7 Å². The van der Waals surface area contributed by atoms with Crippen LogP contribution in [0.5, 0.6) is 0 Å². The van der Waals surface area contributed by atoms with Gasteiger partial charge in [0.15, 0.2) is 0 Å². The number of amides is 1. The molecule has 1 fully saturated rings. The van der Waals surface area contributed by atoms with E-state index < -0.39 is 24.5 Å². The fraction of sp³-hybridized carbons (Fsp3) is 0.538. The summed E-state index contributed by atoms with van der Waals surface area (Å²) in [5.74, 6) is -0.744. The fourth-order valence-electron chi connectivity index (χ4n) is 2.61. The average Bonchev–Trinajstić information content (AvgIpc) is 3.16. The van der Waals surface area contributed by atoms with Gasteiger partial charge in [-0.2, -0.15) is 18.3 Å². The van der Waals surface area contributed by atoms with Crippen molar-refractivity contribution < 1.29 is 22.4 Å². The minimum atomic E-state index is -4.41. The number of piperidine rings is 1. The number of carbonyl (C=O) groups is 1. The minimum absolute atomic E-state index is 0.0387. The van der Waals surface area contributed by atoms with Crippen LogP contribution in [0.25, 0.3) is 0 Å². The Bertz CT molecular complexity index is 667. The van der Waals surface area contributed by atoms with Crippen LogP contribution in [0.2, 0.25) is 0 Å². The summed E-state index contributed by atoms with van der Waals surface area (Å²) in [6, 6.07) is 1.02. The van der Waals surface area contributed by atoms with Gasteiger partial charge in [-0.25, -0.2) is 0 Å².